The van der Waals surface area contributed by atoms with Gasteiger partial charge in [-0.2, -0.15) is 4.98 Å². The number of carbonyl (C=O) groups excluding carboxylic acids is 2. The van der Waals surface area contributed by atoms with Crippen LogP contribution < -0.4 is 15.5 Å². The van der Waals surface area contributed by atoms with Crippen molar-refractivity contribution in [3.05, 3.63) is 75.7 Å². The number of benzene rings is 2. The molecule has 2 aliphatic heterocycles. The molecule has 2 unspecified atom stereocenters. The first-order valence-corrected chi connectivity index (χ1v) is 15.9. The summed E-state index contributed by atoms with van der Waals surface area (Å²) in [6.07, 6.45) is 2.53. The maximum atomic E-state index is 17.6. The molecule has 1 N–H and O–H groups in total. The highest BCUT2D eigenvalue weighted by molar-refractivity contribution is 6.39. The van der Waals surface area contributed by atoms with Gasteiger partial charge in [0.05, 0.1) is 45.3 Å². The number of phenolic OH excluding ortho intramolecular Hbond substituents is 1. The van der Waals surface area contributed by atoms with Crippen molar-refractivity contribution >= 4 is 45.8 Å². The number of piperazine rings is 1. The van der Waals surface area contributed by atoms with Crippen LogP contribution in [0.1, 0.15) is 57.8 Å². The fourth-order valence-electron chi connectivity index (χ4n) is 6.83. The van der Waals surface area contributed by atoms with Crippen molar-refractivity contribution in [2.24, 2.45) is 0 Å². The number of likely N-dealkylation sites (N-methyl/N-ethyl adjacent to an activating group) is 1. The molecule has 0 saturated carbocycles. The van der Waals surface area contributed by atoms with Crippen molar-refractivity contribution in [1.29, 1.82) is 0 Å². The Morgan fingerprint density at radius 1 is 1.06 bits per heavy atom. The van der Waals surface area contributed by atoms with Crippen molar-refractivity contribution < 1.29 is 23.5 Å². The molecule has 2 amide bonds. The van der Waals surface area contributed by atoms with E-state index in [2.05, 4.69) is 21.5 Å². The van der Waals surface area contributed by atoms with Gasteiger partial charge in [-0.25, -0.2) is 23.5 Å². The molecule has 0 spiro atoms. The average molecular weight is 678 g/mol. The van der Waals surface area contributed by atoms with E-state index in [1.165, 1.54) is 35.3 Å². The molecule has 1 saturated heterocycles. The van der Waals surface area contributed by atoms with Gasteiger partial charge < -0.3 is 19.8 Å². The van der Waals surface area contributed by atoms with Gasteiger partial charge in [-0.05, 0) is 37.0 Å². The minimum Gasteiger partial charge on any atom is -0.507 e. The number of nitrogens with zero attached hydrogens (tertiary/aromatic N) is 7. The van der Waals surface area contributed by atoms with Crippen molar-refractivity contribution in [2.45, 2.75) is 58.5 Å². The fraction of sp³-hybridized carbons (Fsp3) is 0.353. The molecule has 2 aliphatic rings. The van der Waals surface area contributed by atoms with Crippen LogP contribution in [0.4, 0.5) is 20.3 Å². The van der Waals surface area contributed by atoms with E-state index in [0.717, 1.165) is 16.7 Å². The summed E-state index contributed by atoms with van der Waals surface area (Å²) in [7, 11) is 1.43. The van der Waals surface area contributed by atoms with Crippen LogP contribution in [0, 0.1) is 11.6 Å². The minimum absolute atomic E-state index is 0.0126. The Bertz CT molecular complexity index is 2050. The van der Waals surface area contributed by atoms with Crippen LogP contribution in [-0.4, -0.2) is 73.6 Å². The predicted octanol–water partition coefficient (Wildman–Crippen LogP) is 5.29. The number of aromatic nitrogens is 4. The molecule has 14 heteroatoms. The van der Waals surface area contributed by atoms with Crippen LogP contribution in [0.25, 0.3) is 27.7 Å². The first-order valence-electron chi connectivity index (χ1n) is 15.5. The largest absolute Gasteiger partial charge is 0.507 e. The number of hydrogen-bond acceptors (Lipinski definition) is 8. The summed E-state index contributed by atoms with van der Waals surface area (Å²) in [6, 6.07) is 1.85. The van der Waals surface area contributed by atoms with Crippen molar-refractivity contribution in [2.75, 3.05) is 29.9 Å². The van der Waals surface area contributed by atoms with E-state index < -0.39 is 52.2 Å². The summed E-state index contributed by atoms with van der Waals surface area (Å²) in [5.41, 5.74) is -1.34. The molecule has 4 aromatic rings. The number of hydrogen-bond donors (Lipinski definition) is 1. The Kier molecular flexibility index (Phi) is 8.22. The van der Waals surface area contributed by atoms with Crippen LogP contribution in [0.3, 0.4) is 0 Å². The summed E-state index contributed by atoms with van der Waals surface area (Å²) < 4.78 is 34.2. The van der Waals surface area contributed by atoms with Gasteiger partial charge in [-0.1, -0.05) is 51.9 Å². The molecule has 250 valence electrons. The van der Waals surface area contributed by atoms with E-state index in [9.17, 15) is 19.5 Å². The maximum Gasteiger partial charge on any atom is 0.354 e. The second-order valence-corrected chi connectivity index (χ2v) is 13.1. The molecule has 48 heavy (non-hydrogen) atoms. The standard InChI is InChI=1S/C34H34ClF2N7O4/c1-8-21(46)42-12-17(6)43-19(13-42)33(47)41(7)29-24-30(26(37)23(25(29)35)22-18(36)10-9-11-20(22)45)44(34(48)40-32(24)43)31-27(15(2)3)38-14-39-28(31)16(4)5/h8-11,14-17,19,45H,1,12-13H2,2-7H3. The van der Waals surface area contributed by atoms with E-state index in [4.69, 9.17) is 11.6 Å². The smallest absolute Gasteiger partial charge is 0.354 e. The number of halogens is 3. The van der Waals surface area contributed by atoms with Crippen molar-refractivity contribution in [3.63, 3.8) is 0 Å². The van der Waals surface area contributed by atoms with E-state index in [-0.39, 0.29) is 64.0 Å². The maximum absolute atomic E-state index is 17.6. The number of phenols is 1. The van der Waals surface area contributed by atoms with Gasteiger partial charge in [-0.15, -0.1) is 0 Å². The van der Waals surface area contributed by atoms with E-state index in [1.807, 2.05) is 27.7 Å². The van der Waals surface area contributed by atoms with Gasteiger partial charge in [0.15, 0.2) is 5.82 Å². The molecule has 0 aliphatic carbocycles. The van der Waals surface area contributed by atoms with Gasteiger partial charge >= 0.3 is 5.69 Å². The van der Waals surface area contributed by atoms with Crippen LogP contribution in [0.2, 0.25) is 5.02 Å². The number of aromatic hydroxyl groups is 1. The first kappa shape index (κ1) is 33.0. The zero-order valence-electron chi connectivity index (χ0n) is 27.3. The van der Waals surface area contributed by atoms with E-state index in [0.29, 0.717) is 11.4 Å². The Balaban J connectivity index is 1.86. The lowest BCUT2D eigenvalue weighted by Crippen LogP contribution is -2.63. The number of amides is 2. The second kappa shape index (κ2) is 12.0. The van der Waals surface area contributed by atoms with Gasteiger partial charge in [0.1, 0.15) is 35.3 Å². The second-order valence-electron chi connectivity index (χ2n) is 12.7. The van der Waals surface area contributed by atoms with E-state index >= 15 is 8.78 Å². The summed E-state index contributed by atoms with van der Waals surface area (Å²) in [6.45, 7) is 12.9. The number of fused-ring (bicyclic) bond motifs is 2. The van der Waals surface area contributed by atoms with Gasteiger partial charge in [0.2, 0.25) is 5.91 Å². The molecular formula is C34H34ClF2N7O4. The van der Waals surface area contributed by atoms with Gasteiger partial charge in [-0.3, -0.25) is 14.2 Å². The molecule has 0 radical (unpaired) electrons. The third-order valence-corrected chi connectivity index (χ3v) is 9.34. The van der Waals surface area contributed by atoms with Crippen LogP contribution in [-0.2, 0) is 9.59 Å². The Morgan fingerprint density at radius 2 is 1.71 bits per heavy atom. The fourth-order valence-corrected chi connectivity index (χ4v) is 7.23. The Morgan fingerprint density at radius 3 is 2.29 bits per heavy atom. The monoisotopic (exact) mass is 677 g/mol. The molecule has 2 aromatic heterocycles. The third-order valence-electron chi connectivity index (χ3n) is 8.98. The SMILES string of the molecule is C=CC(=O)N1CC(C)N2c3nc(=O)n(-c4c(C(C)C)ncnc4C(C)C)c4c(F)c(-c5c(O)cccc5F)c(Cl)c(c34)N(C)C(=O)C2C1. The molecule has 6 rings (SSSR count). The molecule has 4 heterocycles. The molecular weight excluding hydrogens is 644 g/mol. The summed E-state index contributed by atoms with van der Waals surface area (Å²) in [5.74, 6) is -4.17. The summed E-state index contributed by atoms with van der Waals surface area (Å²) >= 11 is 7.00. The Hall–Kier alpha value is -4.91. The van der Waals surface area contributed by atoms with Gasteiger partial charge in [0, 0.05) is 25.2 Å². The zero-order valence-corrected chi connectivity index (χ0v) is 28.0. The highest BCUT2D eigenvalue weighted by Crippen LogP contribution is 2.51. The lowest BCUT2D eigenvalue weighted by molar-refractivity contribution is -0.129. The molecule has 2 atom stereocenters. The number of anilines is 2. The van der Waals surface area contributed by atoms with Crippen molar-refractivity contribution in [3.8, 4) is 22.6 Å². The third kappa shape index (κ3) is 4.82. The topological polar surface area (TPSA) is 125 Å². The lowest BCUT2D eigenvalue weighted by atomic mass is 9.97. The lowest BCUT2D eigenvalue weighted by Gasteiger charge is -2.45. The molecule has 1 fully saturated rings. The van der Waals surface area contributed by atoms with Gasteiger partial charge in [0.25, 0.3) is 5.91 Å². The number of carbonyl (C=O) groups is 2. The van der Waals surface area contributed by atoms with Crippen LogP contribution >= 0.6 is 11.6 Å². The predicted molar refractivity (Wildman–Crippen MR) is 179 cm³/mol. The first-order chi connectivity index (χ1) is 22.7. The summed E-state index contributed by atoms with van der Waals surface area (Å²) in [5, 5.41) is 10.5. The van der Waals surface area contributed by atoms with E-state index in [1.54, 1.807) is 11.8 Å². The quantitative estimate of drug-likeness (QED) is 0.283. The minimum atomic E-state index is -1.12. The normalized spacial score (nSPS) is 17.7. The number of rotatable bonds is 5. The van der Waals surface area contributed by atoms with Crippen molar-refractivity contribution in [1.82, 2.24) is 24.4 Å². The average Bonchev–Trinajstić information content (AvgIpc) is 3.12. The molecule has 11 nitrogen and oxygen atoms in total. The highest BCUT2D eigenvalue weighted by Gasteiger charge is 2.46. The molecule has 2 aromatic carbocycles. The summed E-state index contributed by atoms with van der Waals surface area (Å²) in [4.78, 5) is 59.3. The van der Waals surface area contributed by atoms with Crippen LogP contribution in [0.15, 0.2) is 42.0 Å². The molecule has 0 bridgehead atoms. The Labute approximate surface area is 280 Å². The van der Waals surface area contributed by atoms with Crippen LogP contribution in [0.5, 0.6) is 5.75 Å². The zero-order chi connectivity index (χ0) is 34.9. The highest BCUT2D eigenvalue weighted by atomic mass is 35.5.